The van der Waals surface area contributed by atoms with Crippen molar-refractivity contribution in [3.63, 3.8) is 0 Å². The molecule has 0 aromatic heterocycles. The van der Waals surface area contributed by atoms with Crippen LogP contribution in [0, 0.1) is 12.7 Å². The number of hydrogen-bond acceptors (Lipinski definition) is 2. The lowest BCUT2D eigenvalue weighted by molar-refractivity contribution is 0.607. The van der Waals surface area contributed by atoms with Gasteiger partial charge in [-0.2, -0.15) is 0 Å². The highest BCUT2D eigenvalue weighted by atomic mass is 127. The summed E-state index contributed by atoms with van der Waals surface area (Å²) in [5.74, 6) is 0.871. The molecule has 7 heteroatoms. The molecule has 2 unspecified atom stereocenters. The molecule has 0 saturated heterocycles. The normalized spacial score (nSPS) is 13.4. The van der Waals surface area contributed by atoms with Crippen molar-refractivity contribution in [2.24, 2.45) is 4.99 Å². The van der Waals surface area contributed by atoms with Gasteiger partial charge in [0.05, 0.1) is 23.4 Å². The lowest BCUT2D eigenvalue weighted by atomic mass is 10.1. The van der Waals surface area contributed by atoms with Gasteiger partial charge in [-0.05, 0) is 50.1 Å². The number of aryl methyl sites for hydroxylation is 1. The molecule has 0 aliphatic carbocycles. The highest BCUT2D eigenvalue weighted by molar-refractivity contribution is 14.0. The fraction of sp³-hybridized carbons (Fsp3) is 0.350. The lowest BCUT2D eigenvalue weighted by Gasteiger charge is -2.18. The summed E-state index contributed by atoms with van der Waals surface area (Å²) in [6, 6.07) is 14.5. The van der Waals surface area contributed by atoms with Crippen molar-refractivity contribution in [3.8, 4) is 0 Å². The summed E-state index contributed by atoms with van der Waals surface area (Å²) in [5, 5.41) is 6.44. The van der Waals surface area contributed by atoms with Crippen LogP contribution in [-0.2, 0) is 10.8 Å². The van der Waals surface area contributed by atoms with Crippen molar-refractivity contribution in [3.05, 3.63) is 65.5 Å². The van der Waals surface area contributed by atoms with Crippen LogP contribution in [0.15, 0.2) is 58.4 Å². The van der Waals surface area contributed by atoms with Gasteiger partial charge in [0.15, 0.2) is 5.96 Å². The first-order chi connectivity index (χ1) is 12.5. The van der Waals surface area contributed by atoms with Gasteiger partial charge in [0.25, 0.3) is 0 Å². The van der Waals surface area contributed by atoms with Crippen molar-refractivity contribution < 1.29 is 8.60 Å². The number of halogens is 2. The topological polar surface area (TPSA) is 53.5 Å². The van der Waals surface area contributed by atoms with Gasteiger partial charge >= 0.3 is 0 Å². The Balaban J connectivity index is 0.00000364. The number of hydrogen-bond donors (Lipinski definition) is 2. The summed E-state index contributed by atoms with van der Waals surface area (Å²) in [6.45, 7) is 6.83. The summed E-state index contributed by atoms with van der Waals surface area (Å²) in [4.78, 5) is 5.30. The summed E-state index contributed by atoms with van der Waals surface area (Å²) in [5.41, 5.74) is 1.48. The maximum absolute atomic E-state index is 13.8. The third-order valence-corrected chi connectivity index (χ3v) is 5.30. The first-order valence-corrected chi connectivity index (χ1v) is 10.1. The Morgan fingerprint density at radius 2 is 1.93 bits per heavy atom. The number of aliphatic imine (C=N–C) groups is 1. The molecule has 2 aromatic rings. The minimum absolute atomic E-state index is 0. The zero-order chi connectivity index (χ0) is 18.9. The van der Waals surface area contributed by atoms with Gasteiger partial charge < -0.3 is 10.6 Å². The fourth-order valence-electron chi connectivity index (χ4n) is 2.42. The van der Waals surface area contributed by atoms with Gasteiger partial charge in [-0.15, -0.1) is 24.0 Å². The molecule has 0 heterocycles. The van der Waals surface area contributed by atoms with E-state index in [1.807, 2.05) is 50.2 Å². The molecule has 2 N–H and O–H groups in total. The second-order valence-corrected chi connectivity index (χ2v) is 7.57. The van der Waals surface area contributed by atoms with Crippen LogP contribution in [-0.4, -0.2) is 29.0 Å². The molecule has 2 rings (SSSR count). The second kappa shape index (κ2) is 12.1. The summed E-state index contributed by atoms with van der Waals surface area (Å²) in [6.07, 6.45) is 0. The Labute approximate surface area is 180 Å². The number of nitrogens with zero attached hydrogens (tertiary/aromatic N) is 1. The smallest absolute Gasteiger partial charge is 0.191 e. The highest BCUT2D eigenvalue weighted by Gasteiger charge is 2.10. The Morgan fingerprint density at radius 1 is 1.22 bits per heavy atom. The predicted molar refractivity (Wildman–Crippen MR) is 122 cm³/mol. The van der Waals surface area contributed by atoms with Gasteiger partial charge in [0.1, 0.15) is 5.82 Å². The molecule has 0 aliphatic heterocycles. The van der Waals surface area contributed by atoms with Crippen LogP contribution in [0.25, 0.3) is 0 Å². The van der Waals surface area contributed by atoms with E-state index in [0.29, 0.717) is 30.4 Å². The minimum atomic E-state index is -1.07. The van der Waals surface area contributed by atoms with Crippen molar-refractivity contribution in [1.29, 1.82) is 0 Å². The van der Waals surface area contributed by atoms with Crippen molar-refractivity contribution >= 4 is 40.7 Å². The van der Waals surface area contributed by atoms with Gasteiger partial charge in [0.2, 0.25) is 0 Å². The van der Waals surface area contributed by atoms with Gasteiger partial charge in [0, 0.05) is 17.2 Å². The quantitative estimate of drug-likeness (QED) is 0.339. The lowest BCUT2D eigenvalue weighted by Crippen LogP contribution is -2.39. The van der Waals surface area contributed by atoms with Gasteiger partial charge in [-0.25, -0.2) is 4.39 Å². The van der Waals surface area contributed by atoms with E-state index in [1.54, 1.807) is 19.1 Å². The van der Waals surface area contributed by atoms with E-state index in [0.717, 1.165) is 10.5 Å². The molecule has 0 fully saturated rings. The van der Waals surface area contributed by atoms with E-state index in [1.165, 1.54) is 0 Å². The molecule has 0 bridgehead atoms. The molecular weight excluding hydrogens is 476 g/mol. The minimum Gasteiger partial charge on any atom is -0.357 e. The first-order valence-electron chi connectivity index (χ1n) is 8.75. The number of rotatable bonds is 7. The molecule has 0 saturated carbocycles. The molecule has 0 spiro atoms. The highest BCUT2D eigenvalue weighted by Crippen LogP contribution is 2.16. The van der Waals surface area contributed by atoms with Gasteiger partial charge in [-0.3, -0.25) is 9.20 Å². The Hall–Kier alpha value is -1.48. The van der Waals surface area contributed by atoms with E-state index < -0.39 is 10.8 Å². The zero-order valence-electron chi connectivity index (χ0n) is 15.9. The molecule has 2 aromatic carbocycles. The van der Waals surface area contributed by atoms with Gasteiger partial charge in [-0.1, -0.05) is 30.3 Å². The van der Waals surface area contributed by atoms with Crippen LogP contribution < -0.4 is 10.6 Å². The maximum Gasteiger partial charge on any atom is 0.191 e. The Kier molecular flexibility index (Phi) is 10.5. The number of benzene rings is 2. The zero-order valence-corrected chi connectivity index (χ0v) is 19.0. The number of nitrogens with one attached hydrogen (secondary N) is 2. The summed E-state index contributed by atoms with van der Waals surface area (Å²) >= 11 is 0. The standard InChI is InChI=1S/C20H26FN3OS.HI/c1-4-22-20(23-12-13-26(25)18-8-6-5-7-9-18)24-16(3)17-11-10-15(2)19(21)14-17;/h5-11,14,16H,4,12-13H2,1-3H3,(H2,22,23,24);1H. The monoisotopic (exact) mass is 503 g/mol. The molecule has 0 amide bonds. The third kappa shape index (κ3) is 7.57. The van der Waals surface area contributed by atoms with Crippen LogP contribution >= 0.6 is 24.0 Å². The van der Waals surface area contributed by atoms with Crippen LogP contribution in [0.4, 0.5) is 4.39 Å². The second-order valence-electron chi connectivity index (χ2n) is 6.00. The number of guanidine groups is 1. The fourth-order valence-corrected chi connectivity index (χ4v) is 3.37. The predicted octanol–water partition coefficient (Wildman–Crippen LogP) is 4.18. The maximum atomic E-state index is 13.8. The van der Waals surface area contributed by atoms with E-state index in [9.17, 15) is 8.60 Å². The average Bonchev–Trinajstić information content (AvgIpc) is 2.64. The van der Waals surface area contributed by atoms with Crippen molar-refractivity contribution in [1.82, 2.24) is 10.6 Å². The molecular formula is C20H27FIN3OS. The van der Waals surface area contributed by atoms with Crippen LogP contribution in [0.2, 0.25) is 0 Å². The van der Waals surface area contributed by atoms with Crippen LogP contribution in [0.5, 0.6) is 0 Å². The molecule has 148 valence electrons. The molecule has 0 radical (unpaired) electrons. The van der Waals surface area contributed by atoms with Crippen LogP contribution in [0.1, 0.15) is 31.0 Å². The van der Waals surface area contributed by atoms with E-state index in [2.05, 4.69) is 15.6 Å². The van der Waals surface area contributed by atoms with E-state index >= 15 is 0 Å². The largest absolute Gasteiger partial charge is 0.357 e. The third-order valence-electron chi connectivity index (χ3n) is 3.95. The summed E-state index contributed by atoms with van der Waals surface area (Å²) in [7, 11) is -1.07. The molecule has 2 atom stereocenters. The Bertz CT molecular complexity index is 771. The Morgan fingerprint density at radius 3 is 2.56 bits per heavy atom. The molecule has 4 nitrogen and oxygen atoms in total. The molecule has 27 heavy (non-hydrogen) atoms. The average molecular weight is 503 g/mol. The van der Waals surface area contributed by atoms with E-state index in [4.69, 9.17) is 0 Å². The van der Waals surface area contributed by atoms with Crippen molar-refractivity contribution in [2.45, 2.75) is 31.7 Å². The van der Waals surface area contributed by atoms with Crippen molar-refractivity contribution in [2.75, 3.05) is 18.8 Å². The molecule has 0 aliphatic rings. The van der Waals surface area contributed by atoms with Crippen LogP contribution in [0.3, 0.4) is 0 Å². The first kappa shape index (κ1) is 23.6. The van der Waals surface area contributed by atoms with E-state index in [-0.39, 0.29) is 35.8 Å². The SMILES string of the molecule is CCNC(=NCCS(=O)c1ccccc1)NC(C)c1ccc(C)c(F)c1.I. The summed E-state index contributed by atoms with van der Waals surface area (Å²) < 4.78 is 26.0.